The Morgan fingerprint density at radius 1 is 1.27 bits per heavy atom. The highest BCUT2D eigenvalue weighted by Crippen LogP contribution is 2.34. The van der Waals surface area contributed by atoms with E-state index in [1.54, 1.807) is 12.2 Å². The Labute approximate surface area is 239 Å². The number of allylic oxidation sites excluding steroid dienone is 3. The van der Waals surface area contributed by atoms with E-state index in [0.29, 0.717) is 47.6 Å². The van der Waals surface area contributed by atoms with Crippen LogP contribution in [-0.2, 0) is 15.7 Å². The van der Waals surface area contributed by atoms with Gasteiger partial charge in [-0.25, -0.2) is 10.8 Å². The number of carbonyl (C=O) groups is 1. The Bertz CT molecular complexity index is 1380. The molecule has 220 valence electrons. The second-order valence-corrected chi connectivity index (χ2v) is 10.4. The van der Waals surface area contributed by atoms with Crippen LogP contribution >= 0.6 is 11.3 Å². The smallest absolute Gasteiger partial charge is 0.416 e. The van der Waals surface area contributed by atoms with Gasteiger partial charge in [0.15, 0.2) is 5.13 Å². The number of thiazole rings is 1. The van der Waals surface area contributed by atoms with Crippen LogP contribution in [-0.4, -0.2) is 60.3 Å². The molecule has 2 aromatic rings. The van der Waals surface area contributed by atoms with E-state index in [4.69, 9.17) is 26.8 Å². The maximum absolute atomic E-state index is 13.7. The van der Waals surface area contributed by atoms with Gasteiger partial charge in [-0.3, -0.25) is 14.7 Å². The first-order chi connectivity index (χ1) is 19.5. The Hall–Kier alpha value is -3.85. The molecule has 0 spiro atoms. The van der Waals surface area contributed by atoms with Crippen molar-refractivity contribution in [3.8, 4) is 5.75 Å². The molecule has 0 atom stereocenters. The highest BCUT2D eigenvalue weighted by atomic mass is 32.1. The summed E-state index contributed by atoms with van der Waals surface area (Å²) < 4.78 is 51.9. The molecule has 1 fully saturated rings. The fourth-order valence-electron chi connectivity index (χ4n) is 4.17. The van der Waals surface area contributed by atoms with E-state index in [2.05, 4.69) is 15.2 Å². The molecule has 2 aliphatic rings. The Morgan fingerprint density at radius 2 is 2.02 bits per heavy atom. The van der Waals surface area contributed by atoms with Crippen molar-refractivity contribution < 1.29 is 27.4 Å². The van der Waals surface area contributed by atoms with E-state index in [1.807, 2.05) is 13.0 Å². The van der Waals surface area contributed by atoms with Gasteiger partial charge >= 0.3 is 6.18 Å². The number of hydrogen-bond acceptors (Lipinski definition) is 10. The maximum atomic E-state index is 13.7. The highest BCUT2D eigenvalue weighted by molar-refractivity contribution is 7.16. The standard InChI is InChI=1S/C27H32F3N7O3S/c1-17-3-2-4-18(11-23(17)37(33)16-22(31)24-15-34-26(32)41-24)25(38)35-20-12-19(27(28,29)30)13-21(14-20)40-10-7-36-5-8-39-9-6-36/h3-4,11-16H,2,5-10,31,33H2,1H3,(H2,32,34)(H,35,38)/b22-16-. The lowest BCUT2D eigenvalue weighted by molar-refractivity contribution is -0.137. The van der Waals surface area contributed by atoms with E-state index in [0.717, 1.165) is 30.8 Å². The molecule has 7 N–H and O–H groups in total. The fourth-order valence-corrected chi connectivity index (χ4v) is 4.77. The van der Waals surface area contributed by atoms with Gasteiger partial charge in [-0.15, -0.1) is 0 Å². The van der Waals surface area contributed by atoms with Crippen LogP contribution in [0.15, 0.2) is 65.7 Å². The van der Waals surface area contributed by atoms with E-state index in [-0.39, 0.29) is 23.6 Å². The average Bonchev–Trinajstić information content (AvgIpc) is 3.26. The van der Waals surface area contributed by atoms with Gasteiger partial charge in [0.05, 0.1) is 35.0 Å². The number of benzene rings is 1. The predicted octanol–water partition coefficient (Wildman–Crippen LogP) is 3.69. The molecule has 4 rings (SSSR count). The topological polar surface area (TPSA) is 145 Å². The number of carbonyl (C=O) groups excluding carboxylic acids is 1. The van der Waals surface area contributed by atoms with Crippen LogP contribution in [0.2, 0.25) is 0 Å². The minimum absolute atomic E-state index is 0.00409. The highest BCUT2D eigenvalue weighted by Gasteiger charge is 2.32. The lowest BCUT2D eigenvalue weighted by Crippen LogP contribution is -2.38. The molecular formula is C27H32F3N7O3S. The van der Waals surface area contributed by atoms with Crippen molar-refractivity contribution in [2.75, 3.05) is 50.5 Å². The fraction of sp³-hybridized carbons (Fsp3) is 0.333. The molecule has 0 saturated carbocycles. The molecule has 0 radical (unpaired) electrons. The molecule has 1 aromatic carbocycles. The van der Waals surface area contributed by atoms with Gasteiger partial charge in [0.2, 0.25) is 0 Å². The van der Waals surface area contributed by atoms with Gasteiger partial charge < -0.3 is 26.3 Å². The lowest BCUT2D eigenvalue weighted by atomic mass is 10.1. The first-order valence-electron chi connectivity index (χ1n) is 12.8. The second-order valence-electron chi connectivity index (χ2n) is 9.37. The predicted molar refractivity (Wildman–Crippen MR) is 152 cm³/mol. The maximum Gasteiger partial charge on any atom is 0.416 e. The number of rotatable bonds is 9. The summed E-state index contributed by atoms with van der Waals surface area (Å²) in [6, 6.07) is 3.17. The summed E-state index contributed by atoms with van der Waals surface area (Å²) in [7, 11) is 0. The molecule has 1 aliphatic heterocycles. The first-order valence-corrected chi connectivity index (χ1v) is 13.6. The van der Waals surface area contributed by atoms with Crippen LogP contribution in [0.4, 0.5) is 24.0 Å². The van der Waals surface area contributed by atoms with Crippen molar-refractivity contribution in [3.63, 3.8) is 0 Å². The van der Waals surface area contributed by atoms with Crippen LogP contribution in [0.25, 0.3) is 5.70 Å². The quantitative estimate of drug-likeness (QED) is 0.253. The zero-order chi connectivity index (χ0) is 29.6. The van der Waals surface area contributed by atoms with E-state index < -0.39 is 17.6 Å². The summed E-state index contributed by atoms with van der Waals surface area (Å²) in [6.07, 6.45) is 3.85. The molecule has 0 bridgehead atoms. The molecule has 1 aliphatic carbocycles. The van der Waals surface area contributed by atoms with E-state index in [9.17, 15) is 18.0 Å². The van der Waals surface area contributed by atoms with Crippen LogP contribution in [0, 0.1) is 0 Å². The van der Waals surface area contributed by atoms with Crippen LogP contribution in [0.5, 0.6) is 5.75 Å². The Morgan fingerprint density at radius 3 is 2.71 bits per heavy atom. The third-order valence-electron chi connectivity index (χ3n) is 6.36. The normalized spacial score (nSPS) is 16.8. The number of aromatic nitrogens is 1. The number of nitrogens with one attached hydrogen (secondary N) is 1. The van der Waals surface area contributed by atoms with Crippen molar-refractivity contribution in [2.24, 2.45) is 11.6 Å². The van der Waals surface area contributed by atoms with Crippen LogP contribution in [0.3, 0.4) is 0 Å². The summed E-state index contributed by atoms with van der Waals surface area (Å²) in [5.41, 5.74) is 12.6. The molecular weight excluding hydrogens is 559 g/mol. The number of hydrazine groups is 1. The van der Waals surface area contributed by atoms with Crippen molar-refractivity contribution in [1.29, 1.82) is 0 Å². The number of hydrogen-bond donors (Lipinski definition) is 4. The third kappa shape index (κ3) is 8.33. The number of nitrogens with zero attached hydrogens (tertiary/aromatic N) is 3. The number of morpholine rings is 1. The summed E-state index contributed by atoms with van der Waals surface area (Å²) in [5, 5.41) is 4.20. The third-order valence-corrected chi connectivity index (χ3v) is 7.23. The minimum Gasteiger partial charge on any atom is -0.492 e. The molecule has 10 nitrogen and oxygen atoms in total. The monoisotopic (exact) mass is 591 g/mol. The van der Waals surface area contributed by atoms with Gasteiger partial charge in [-0.1, -0.05) is 23.5 Å². The number of ether oxygens (including phenoxy) is 2. The van der Waals surface area contributed by atoms with Gasteiger partial charge in [0.1, 0.15) is 12.4 Å². The number of anilines is 2. The van der Waals surface area contributed by atoms with Crippen LogP contribution < -0.4 is 27.4 Å². The number of alkyl halides is 3. The molecule has 1 aromatic heterocycles. The van der Waals surface area contributed by atoms with E-state index >= 15 is 0 Å². The first kappa shape index (κ1) is 30.1. The van der Waals surface area contributed by atoms with Gasteiger partial charge in [-0.05, 0) is 37.1 Å². The van der Waals surface area contributed by atoms with Gasteiger partial charge in [0, 0.05) is 49.4 Å². The van der Waals surface area contributed by atoms with Crippen molar-refractivity contribution in [1.82, 2.24) is 14.9 Å². The molecule has 1 saturated heterocycles. The van der Waals surface area contributed by atoms with Gasteiger partial charge in [0.25, 0.3) is 5.91 Å². The number of nitrogens with two attached hydrogens (primary N) is 3. The SMILES string of the molecule is CC1=CCC=C(C(=O)Nc2cc(OCCN3CCOCC3)cc(C(F)(F)F)c2)C=C1N(N)/C=C(\N)c1cnc(N)s1. The summed E-state index contributed by atoms with van der Waals surface area (Å²) >= 11 is 1.20. The molecule has 41 heavy (non-hydrogen) atoms. The summed E-state index contributed by atoms with van der Waals surface area (Å²) in [4.78, 5) is 19.9. The van der Waals surface area contributed by atoms with E-state index in [1.165, 1.54) is 34.8 Å². The molecule has 14 heteroatoms. The minimum atomic E-state index is -4.63. The number of nitrogen functional groups attached to an aromatic ring is 1. The Balaban J connectivity index is 1.50. The summed E-state index contributed by atoms with van der Waals surface area (Å²) in [6.45, 7) is 5.22. The lowest BCUT2D eigenvalue weighted by Gasteiger charge is -2.26. The Kier molecular flexibility index (Phi) is 9.70. The second kappa shape index (κ2) is 13.2. The molecule has 0 unspecified atom stereocenters. The van der Waals surface area contributed by atoms with Gasteiger partial charge in [-0.2, -0.15) is 13.2 Å². The number of halogens is 3. The van der Waals surface area contributed by atoms with Crippen molar-refractivity contribution in [3.05, 3.63) is 76.1 Å². The average molecular weight is 592 g/mol. The molecule has 1 amide bonds. The largest absolute Gasteiger partial charge is 0.492 e. The summed E-state index contributed by atoms with van der Waals surface area (Å²) in [5.74, 6) is 5.66. The van der Waals surface area contributed by atoms with Crippen molar-refractivity contribution >= 4 is 33.8 Å². The number of amides is 1. The zero-order valence-electron chi connectivity index (χ0n) is 22.4. The van der Waals surface area contributed by atoms with Crippen LogP contribution in [0.1, 0.15) is 23.8 Å². The molecule has 2 heterocycles. The van der Waals surface area contributed by atoms with Crippen molar-refractivity contribution in [2.45, 2.75) is 19.5 Å². The zero-order valence-corrected chi connectivity index (χ0v) is 23.2.